The van der Waals surface area contributed by atoms with E-state index in [1.54, 1.807) is 18.2 Å². The van der Waals surface area contributed by atoms with Crippen molar-refractivity contribution in [2.75, 3.05) is 7.11 Å². The van der Waals surface area contributed by atoms with E-state index in [9.17, 15) is 9.90 Å². The lowest BCUT2D eigenvalue weighted by Crippen LogP contribution is -2.05. The minimum absolute atomic E-state index is 0.0555. The number of rotatable bonds is 5. The van der Waals surface area contributed by atoms with Crippen molar-refractivity contribution in [3.05, 3.63) is 65.7 Å². The molecule has 0 spiro atoms. The predicted molar refractivity (Wildman–Crippen MR) is 84.6 cm³/mol. The fraction of sp³-hybridized carbons (Fsp3) is 0.167. The molecule has 0 saturated carbocycles. The second-order valence-electron chi connectivity index (χ2n) is 4.75. The highest BCUT2D eigenvalue weighted by molar-refractivity contribution is 5.87. The number of hydrogen-bond donors (Lipinski definition) is 1. The quantitative estimate of drug-likeness (QED) is 0.675. The van der Waals surface area contributed by atoms with E-state index in [4.69, 9.17) is 9.47 Å². The molecule has 4 nitrogen and oxygen atoms in total. The van der Waals surface area contributed by atoms with Gasteiger partial charge in [-0.3, -0.25) is 0 Å². The molecule has 0 aliphatic rings. The first kappa shape index (κ1) is 15.6. The van der Waals surface area contributed by atoms with Crippen LogP contribution >= 0.6 is 0 Å². The van der Waals surface area contributed by atoms with Gasteiger partial charge in [0.2, 0.25) is 0 Å². The van der Waals surface area contributed by atoms with Crippen molar-refractivity contribution in [3.8, 4) is 11.5 Å². The molecule has 1 unspecified atom stereocenters. The van der Waals surface area contributed by atoms with E-state index in [0.717, 1.165) is 11.1 Å². The summed E-state index contributed by atoms with van der Waals surface area (Å²) in [6.45, 7) is 1.82. The van der Waals surface area contributed by atoms with Crippen LogP contribution in [0.4, 0.5) is 0 Å². The van der Waals surface area contributed by atoms with Crippen LogP contribution in [0.25, 0.3) is 6.08 Å². The molecule has 2 aromatic rings. The Hall–Kier alpha value is -2.75. The summed E-state index contributed by atoms with van der Waals surface area (Å²) in [4.78, 5) is 11.8. The molecule has 0 aliphatic heterocycles. The fourth-order valence-electron chi connectivity index (χ4n) is 1.97. The van der Waals surface area contributed by atoms with Crippen LogP contribution < -0.4 is 4.74 Å². The zero-order chi connectivity index (χ0) is 15.9. The van der Waals surface area contributed by atoms with Gasteiger partial charge in [0.05, 0.1) is 7.11 Å². The molecule has 1 atom stereocenters. The average Bonchev–Trinajstić information content (AvgIpc) is 2.55. The van der Waals surface area contributed by atoms with Crippen LogP contribution in [-0.4, -0.2) is 18.2 Å². The third-order valence-electron chi connectivity index (χ3n) is 3.18. The molecule has 0 amide bonds. The SMILES string of the molecule is COc1cc(C=CC(=O)OC(C)c2ccccc2)ccc1O. The van der Waals surface area contributed by atoms with E-state index in [2.05, 4.69) is 0 Å². The Balaban J connectivity index is 1.99. The molecule has 1 N–H and O–H groups in total. The topological polar surface area (TPSA) is 55.8 Å². The number of benzene rings is 2. The summed E-state index contributed by atoms with van der Waals surface area (Å²) in [6, 6.07) is 14.4. The van der Waals surface area contributed by atoms with Crippen molar-refractivity contribution >= 4 is 12.0 Å². The van der Waals surface area contributed by atoms with Crippen LogP contribution in [0, 0.1) is 0 Å². The number of methoxy groups -OCH3 is 1. The van der Waals surface area contributed by atoms with Crippen molar-refractivity contribution < 1.29 is 19.4 Å². The number of aromatic hydroxyl groups is 1. The molecular formula is C18H18O4. The highest BCUT2D eigenvalue weighted by Gasteiger charge is 2.09. The number of carbonyl (C=O) groups excluding carboxylic acids is 1. The van der Waals surface area contributed by atoms with Crippen LogP contribution in [0.15, 0.2) is 54.6 Å². The Morgan fingerprint density at radius 1 is 1.18 bits per heavy atom. The molecule has 0 fully saturated rings. The third-order valence-corrected chi connectivity index (χ3v) is 3.18. The number of phenolic OH excluding ortho intramolecular Hbond substituents is 1. The molecule has 0 heterocycles. The Morgan fingerprint density at radius 2 is 1.91 bits per heavy atom. The Kier molecular flexibility index (Phi) is 5.20. The maximum absolute atomic E-state index is 11.8. The van der Waals surface area contributed by atoms with Crippen LogP contribution in [0.5, 0.6) is 11.5 Å². The van der Waals surface area contributed by atoms with Gasteiger partial charge in [-0.25, -0.2) is 4.79 Å². The van der Waals surface area contributed by atoms with Crippen molar-refractivity contribution in [2.45, 2.75) is 13.0 Å². The zero-order valence-electron chi connectivity index (χ0n) is 12.5. The summed E-state index contributed by atoms with van der Waals surface area (Å²) in [7, 11) is 1.47. The molecule has 0 saturated heterocycles. The first-order valence-electron chi connectivity index (χ1n) is 6.91. The molecular weight excluding hydrogens is 280 g/mol. The summed E-state index contributed by atoms with van der Waals surface area (Å²) < 4.78 is 10.3. The average molecular weight is 298 g/mol. The molecule has 0 radical (unpaired) electrons. The summed E-state index contributed by atoms with van der Waals surface area (Å²) in [5.74, 6) is -0.0171. The minimum Gasteiger partial charge on any atom is -0.504 e. The summed E-state index contributed by atoms with van der Waals surface area (Å²) in [6.07, 6.45) is 2.65. The number of phenols is 1. The molecule has 2 aromatic carbocycles. The highest BCUT2D eigenvalue weighted by atomic mass is 16.5. The zero-order valence-corrected chi connectivity index (χ0v) is 12.5. The lowest BCUT2D eigenvalue weighted by molar-refractivity contribution is -0.142. The van der Waals surface area contributed by atoms with Gasteiger partial charge in [0.25, 0.3) is 0 Å². The minimum atomic E-state index is -0.427. The monoisotopic (exact) mass is 298 g/mol. The fourth-order valence-corrected chi connectivity index (χ4v) is 1.97. The molecule has 22 heavy (non-hydrogen) atoms. The van der Waals surface area contributed by atoms with E-state index in [0.29, 0.717) is 5.75 Å². The number of hydrogen-bond acceptors (Lipinski definition) is 4. The Labute approximate surface area is 129 Å². The van der Waals surface area contributed by atoms with Crippen molar-refractivity contribution in [2.24, 2.45) is 0 Å². The largest absolute Gasteiger partial charge is 0.504 e. The summed E-state index contributed by atoms with van der Waals surface area (Å²) in [5.41, 5.74) is 1.68. The Bertz CT molecular complexity index is 662. The van der Waals surface area contributed by atoms with Crippen LogP contribution in [0.3, 0.4) is 0 Å². The summed E-state index contributed by atoms with van der Waals surface area (Å²) in [5, 5.41) is 9.52. The van der Waals surface area contributed by atoms with Crippen molar-refractivity contribution in [3.63, 3.8) is 0 Å². The number of ether oxygens (including phenoxy) is 2. The second kappa shape index (κ2) is 7.31. The van der Waals surface area contributed by atoms with Gasteiger partial charge >= 0.3 is 5.97 Å². The highest BCUT2D eigenvalue weighted by Crippen LogP contribution is 2.26. The van der Waals surface area contributed by atoms with E-state index in [1.165, 1.54) is 19.3 Å². The van der Waals surface area contributed by atoms with E-state index >= 15 is 0 Å². The van der Waals surface area contributed by atoms with Crippen LogP contribution in [0.1, 0.15) is 24.2 Å². The van der Waals surface area contributed by atoms with E-state index in [-0.39, 0.29) is 11.9 Å². The number of esters is 1. The van der Waals surface area contributed by atoms with Gasteiger partial charge in [0.1, 0.15) is 6.10 Å². The Morgan fingerprint density at radius 3 is 2.59 bits per heavy atom. The first-order valence-corrected chi connectivity index (χ1v) is 6.91. The van der Waals surface area contributed by atoms with Gasteiger partial charge in [-0.05, 0) is 36.3 Å². The molecule has 0 aromatic heterocycles. The van der Waals surface area contributed by atoms with E-state index < -0.39 is 5.97 Å². The molecule has 114 valence electrons. The smallest absolute Gasteiger partial charge is 0.331 e. The van der Waals surface area contributed by atoms with Gasteiger partial charge in [-0.15, -0.1) is 0 Å². The lowest BCUT2D eigenvalue weighted by Gasteiger charge is -2.11. The predicted octanol–water partition coefficient (Wildman–Crippen LogP) is 3.72. The van der Waals surface area contributed by atoms with E-state index in [1.807, 2.05) is 37.3 Å². The summed E-state index contributed by atoms with van der Waals surface area (Å²) >= 11 is 0. The molecule has 4 heteroatoms. The number of carbonyl (C=O) groups is 1. The molecule has 0 bridgehead atoms. The van der Waals surface area contributed by atoms with Gasteiger partial charge in [-0.2, -0.15) is 0 Å². The van der Waals surface area contributed by atoms with Gasteiger partial charge in [-0.1, -0.05) is 36.4 Å². The third kappa shape index (κ3) is 4.12. The van der Waals surface area contributed by atoms with Gasteiger partial charge in [0, 0.05) is 6.08 Å². The standard InChI is InChI=1S/C18H18O4/c1-13(15-6-4-3-5-7-15)22-18(20)11-9-14-8-10-16(19)17(12-14)21-2/h3-13,19H,1-2H3. The molecule has 0 aliphatic carbocycles. The molecule has 2 rings (SSSR count). The lowest BCUT2D eigenvalue weighted by atomic mass is 10.1. The van der Waals surface area contributed by atoms with Crippen LogP contribution in [0.2, 0.25) is 0 Å². The van der Waals surface area contributed by atoms with Crippen molar-refractivity contribution in [1.82, 2.24) is 0 Å². The van der Waals surface area contributed by atoms with Crippen molar-refractivity contribution in [1.29, 1.82) is 0 Å². The van der Waals surface area contributed by atoms with Crippen LogP contribution in [-0.2, 0) is 9.53 Å². The normalized spacial score (nSPS) is 12.1. The van der Waals surface area contributed by atoms with Gasteiger partial charge in [0.15, 0.2) is 11.5 Å². The second-order valence-corrected chi connectivity index (χ2v) is 4.75. The maximum atomic E-state index is 11.8. The first-order chi connectivity index (χ1) is 10.6. The maximum Gasteiger partial charge on any atom is 0.331 e. The van der Waals surface area contributed by atoms with Gasteiger partial charge < -0.3 is 14.6 Å².